The van der Waals surface area contributed by atoms with E-state index < -0.39 is 0 Å². The van der Waals surface area contributed by atoms with Gasteiger partial charge >= 0.3 is 0 Å². The van der Waals surface area contributed by atoms with Gasteiger partial charge in [-0.3, -0.25) is 5.10 Å². The zero-order chi connectivity index (χ0) is 22.8. The average Bonchev–Trinajstić information content (AvgIpc) is 3.20. The molecule has 6 heteroatoms. The highest BCUT2D eigenvalue weighted by molar-refractivity contribution is 6.09. The number of phenols is 1. The third kappa shape index (κ3) is 5.39. The summed E-state index contributed by atoms with van der Waals surface area (Å²) >= 11 is 0. The highest BCUT2D eigenvalue weighted by atomic mass is 16.3. The van der Waals surface area contributed by atoms with Crippen LogP contribution >= 0.6 is 0 Å². The molecule has 0 amide bonds. The molecule has 0 bridgehead atoms. The predicted octanol–water partition coefficient (Wildman–Crippen LogP) is 5.25. The molecule has 0 spiro atoms. The second-order valence-electron chi connectivity index (χ2n) is 9.62. The molecule has 0 atom stereocenters. The van der Waals surface area contributed by atoms with Gasteiger partial charge in [0.25, 0.3) is 0 Å². The van der Waals surface area contributed by atoms with Gasteiger partial charge in [-0.2, -0.15) is 15.3 Å². The number of H-pyrrole nitrogens is 1. The number of nitrogens with zero attached hydrogens (tertiary/aromatic N) is 3. The van der Waals surface area contributed by atoms with Crippen LogP contribution in [0.1, 0.15) is 53.0 Å². The molecule has 164 valence electrons. The summed E-state index contributed by atoms with van der Waals surface area (Å²) in [4.78, 5) is 0. The summed E-state index contributed by atoms with van der Waals surface area (Å²) in [6.07, 6.45) is 7.15. The van der Waals surface area contributed by atoms with Crippen LogP contribution in [0.5, 0.6) is 5.75 Å². The molecule has 2 heterocycles. The zero-order valence-corrected chi connectivity index (χ0v) is 19.2. The lowest BCUT2D eigenvalue weighted by Gasteiger charge is -2.47. The van der Waals surface area contributed by atoms with Crippen molar-refractivity contribution in [3.8, 4) is 16.9 Å². The zero-order valence-electron chi connectivity index (χ0n) is 19.2. The van der Waals surface area contributed by atoms with Gasteiger partial charge in [0.15, 0.2) is 0 Å². The average molecular weight is 420 g/mol. The summed E-state index contributed by atoms with van der Waals surface area (Å²) in [6.45, 7) is 19.0. The molecule has 3 rings (SSSR count). The van der Waals surface area contributed by atoms with E-state index in [1.807, 2.05) is 19.1 Å². The first kappa shape index (κ1) is 22.7. The van der Waals surface area contributed by atoms with E-state index in [4.69, 9.17) is 0 Å². The maximum absolute atomic E-state index is 10.5. The van der Waals surface area contributed by atoms with Gasteiger partial charge in [0.05, 0.1) is 17.6 Å². The van der Waals surface area contributed by atoms with Crippen LogP contribution in [0, 0.1) is 5.92 Å². The number of aromatic nitrogens is 2. The number of hydrogen-bond donors (Lipinski definition) is 3. The first-order valence-electron chi connectivity index (χ1n) is 10.6. The minimum Gasteiger partial charge on any atom is -0.507 e. The van der Waals surface area contributed by atoms with Crippen molar-refractivity contribution in [3.63, 3.8) is 0 Å². The van der Waals surface area contributed by atoms with Gasteiger partial charge < -0.3 is 10.4 Å². The molecule has 6 nitrogen and oxygen atoms in total. The van der Waals surface area contributed by atoms with Crippen molar-refractivity contribution in [1.29, 1.82) is 0 Å². The smallest absolute Gasteiger partial charge is 0.125 e. The van der Waals surface area contributed by atoms with E-state index in [0.29, 0.717) is 22.9 Å². The Kier molecular flexibility index (Phi) is 6.32. The Morgan fingerprint density at radius 1 is 1.16 bits per heavy atom. The van der Waals surface area contributed by atoms with E-state index in [-0.39, 0.29) is 16.8 Å². The maximum atomic E-state index is 10.5. The molecule has 0 saturated carbocycles. The molecule has 2 aromatic rings. The standard InChI is InChI=1S/C25H33N5O/c1-8-22(16(2)19-12-24(4,5)30-25(6,7)13-19)29-28-17(3)21-10-9-18(11-23(21)31)20-14-26-27-15-20/h8-11,14-15,19,30-31H,1-2,12-13H2,3-7H3,(H,26,27)/b28-17+,29-22+. The predicted molar refractivity (Wildman–Crippen MR) is 129 cm³/mol. The third-order valence-corrected chi connectivity index (χ3v) is 5.73. The lowest BCUT2D eigenvalue weighted by atomic mass is 9.72. The van der Waals surface area contributed by atoms with Gasteiger partial charge in [-0.15, -0.1) is 0 Å². The second-order valence-corrected chi connectivity index (χ2v) is 9.62. The molecule has 0 radical (unpaired) electrons. The van der Waals surface area contributed by atoms with Crippen LogP contribution in [0.25, 0.3) is 11.1 Å². The first-order valence-corrected chi connectivity index (χ1v) is 10.6. The molecular formula is C25H33N5O. The van der Waals surface area contributed by atoms with E-state index in [0.717, 1.165) is 29.5 Å². The molecule has 0 aliphatic carbocycles. The minimum atomic E-state index is 0.0172. The number of phenolic OH excluding ortho intramolecular Hbond substituents is 1. The number of piperidine rings is 1. The minimum absolute atomic E-state index is 0.0172. The molecular weight excluding hydrogens is 386 g/mol. The summed E-state index contributed by atoms with van der Waals surface area (Å²) in [7, 11) is 0. The summed E-state index contributed by atoms with van der Waals surface area (Å²) in [5.41, 5.74) is 4.71. The third-order valence-electron chi connectivity index (χ3n) is 5.73. The van der Waals surface area contributed by atoms with Gasteiger partial charge in [0.2, 0.25) is 0 Å². The fourth-order valence-electron chi connectivity index (χ4n) is 4.62. The number of hydrogen-bond acceptors (Lipinski definition) is 5. The number of rotatable bonds is 6. The van der Waals surface area contributed by atoms with Gasteiger partial charge in [-0.1, -0.05) is 19.2 Å². The second kappa shape index (κ2) is 8.63. The van der Waals surface area contributed by atoms with E-state index in [1.165, 1.54) is 0 Å². The SMILES string of the molecule is C=C/C(=N\N=C(/C)c1ccc(-c2cn[nH]c2)cc1O)C(=C)C1CC(C)(C)NC(C)(C)C1. The number of benzene rings is 1. The molecule has 1 saturated heterocycles. The Hall–Kier alpha value is -2.99. The normalized spacial score (nSPS) is 19.3. The molecule has 0 unspecified atom stereocenters. The molecule has 1 aromatic carbocycles. The molecule has 31 heavy (non-hydrogen) atoms. The fourth-order valence-corrected chi connectivity index (χ4v) is 4.62. The molecule has 1 aromatic heterocycles. The summed E-state index contributed by atoms with van der Waals surface area (Å²) in [6, 6.07) is 5.47. The van der Waals surface area contributed by atoms with E-state index >= 15 is 0 Å². The van der Waals surface area contributed by atoms with Crippen LogP contribution in [0.3, 0.4) is 0 Å². The monoisotopic (exact) mass is 419 g/mol. The van der Waals surface area contributed by atoms with Crippen LogP contribution in [0.4, 0.5) is 0 Å². The largest absolute Gasteiger partial charge is 0.507 e. The van der Waals surface area contributed by atoms with Crippen LogP contribution in [0.15, 0.2) is 65.6 Å². The number of aromatic hydroxyl groups is 1. The van der Waals surface area contributed by atoms with E-state index in [1.54, 1.807) is 24.5 Å². The van der Waals surface area contributed by atoms with Crippen LogP contribution in [-0.2, 0) is 0 Å². The maximum Gasteiger partial charge on any atom is 0.125 e. The van der Waals surface area contributed by atoms with Crippen molar-refractivity contribution in [3.05, 3.63) is 61.0 Å². The number of allylic oxidation sites excluding steroid dienone is 2. The fraction of sp³-hybridized carbons (Fsp3) is 0.400. The van der Waals surface area contributed by atoms with Gasteiger partial charge in [-0.05, 0) is 82.7 Å². The Bertz CT molecular complexity index is 1010. The lowest BCUT2D eigenvalue weighted by Crippen LogP contribution is -2.58. The molecule has 1 fully saturated rings. The van der Waals surface area contributed by atoms with Crippen LogP contribution < -0.4 is 5.32 Å². The van der Waals surface area contributed by atoms with E-state index in [2.05, 4.69) is 66.6 Å². The Morgan fingerprint density at radius 2 is 1.84 bits per heavy atom. The molecule has 1 aliphatic rings. The molecule has 1 aliphatic heterocycles. The van der Waals surface area contributed by atoms with Crippen molar-refractivity contribution >= 4 is 11.4 Å². The van der Waals surface area contributed by atoms with Gasteiger partial charge in [-0.25, -0.2) is 0 Å². The Labute approximate surface area is 184 Å². The van der Waals surface area contributed by atoms with Crippen molar-refractivity contribution in [2.24, 2.45) is 16.1 Å². The van der Waals surface area contributed by atoms with Crippen LogP contribution in [-0.4, -0.2) is 37.8 Å². The highest BCUT2D eigenvalue weighted by Crippen LogP contribution is 2.37. The molecule has 3 N–H and O–H groups in total. The number of aromatic amines is 1. The van der Waals surface area contributed by atoms with Crippen molar-refractivity contribution in [1.82, 2.24) is 15.5 Å². The first-order chi connectivity index (χ1) is 14.5. The highest BCUT2D eigenvalue weighted by Gasteiger charge is 2.39. The topological polar surface area (TPSA) is 85.7 Å². The quantitative estimate of drug-likeness (QED) is 0.442. The Balaban J connectivity index is 1.82. The van der Waals surface area contributed by atoms with Gasteiger partial charge in [0.1, 0.15) is 5.75 Å². The summed E-state index contributed by atoms with van der Waals surface area (Å²) < 4.78 is 0. The Morgan fingerprint density at radius 3 is 2.39 bits per heavy atom. The summed E-state index contributed by atoms with van der Waals surface area (Å²) in [5, 5.41) is 29.8. The summed E-state index contributed by atoms with van der Waals surface area (Å²) in [5.74, 6) is 0.442. The van der Waals surface area contributed by atoms with Crippen LogP contribution in [0.2, 0.25) is 0 Å². The van der Waals surface area contributed by atoms with Crippen molar-refractivity contribution in [2.45, 2.75) is 58.5 Å². The van der Waals surface area contributed by atoms with Gasteiger partial charge in [0, 0.05) is 28.4 Å². The van der Waals surface area contributed by atoms with Crippen molar-refractivity contribution < 1.29 is 5.11 Å². The van der Waals surface area contributed by atoms with Crippen molar-refractivity contribution in [2.75, 3.05) is 0 Å². The number of nitrogens with one attached hydrogen (secondary N) is 2. The lowest BCUT2D eigenvalue weighted by molar-refractivity contribution is 0.148. The van der Waals surface area contributed by atoms with E-state index in [9.17, 15) is 5.11 Å².